The summed E-state index contributed by atoms with van der Waals surface area (Å²) < 4.78 is 1.85. The fourth-order valence-electron chi connectivity index (χ4n) is 5.00. The first-order chi connectivity index (χ1) is 14.3. The second-order valence-corrected chi connectivity index (χ2v) is 8.98. The zero-order valence-electron chi connectivity index (χ0n) is 17.3. The molecule has 8 heteroatoms. The van der Waals surface area contributed by atoms with Crippen LogP contribution in [-0.2, 0) is 6.42 Å². The van der Waals surface area contributed by atoms with Gasteiger partial charge in [-0.15, -0.1) is 0 Å². The number of imidazole rings is 1. The standard InChI is InChI=1S/C22H26N6O2/c1-13(2)28-19-15(12-24-28)10-22(11-18(19)29)5-7-27(8-6-22)20(30)14-3-4-16-17(9-14)26-21(23)25-16/h3-4,9,12-13H,5-8,10-11H2,1-2H3,(H3,23,25,26). The lowest BCUT2D eigenvalue weighted by molar-refractivity contribution is 0.0517. The predicted octanol–water partition coefficient (Wildman–Crippen LogP) is 2.97. The van der Waals surface area contributed by atoms with Crippen molar-refractivity contribution in [2.75, 3.05) is 18.8 Å². The number of carbonyl (C=O) groups excluding carboxylic acids is 2. The van der Waals surface area contributed by atoms with Crippen LogP contribution in [0.2, 0.25) is 0 Å². The van der Waals surface area contributed by atoms with Crippen LogP contribution in [0.5, 0.6) is 0 Å². The van der Waals surface area contributed by atoms with Crippen molar-refractivity contribution in [3.05, 3.63) is 41.2 Å². The third kappa shape index (κ3) is 2.98. The maximum atomic E-state index is 13.0. The number of aromatic nitrogens is 4. The Morgan fingerprint density at radius 2 is 2.00 bits per heavy atom. The minimum absolute atomic E-state index is 0.00961. The average Bonchev–Trinajstić information content (AvgIpc) is 3.30. The van der Waals surface area contributed by atoms with E-state index < -0.39 is 0 Å². The van der Waals surface area contributed by atoms with Crippen molar-refractivity contribution in [3.8, 4) is 0 Å². The molecule has 1 aliphatic carbocycles. The predicted molar refractivity (Wildman–Crippen MR) is 113 cm³/mol. The van der Waals surface area contributed by atoms with E-state index in [0.29, 0.717) is 31.0 Å². The number of fused-ring (bicyclic) bond motifs is 2. The number of aromatic amines is 1. The van der Waals surface area contributed by atoms with Gasteiger partial charge in [-0.3, -0.25) is 14.3 Å². The Morgan fingerprint density at radius 1 is 1.23 bits per heavy atom. The van der Waals surface area contributed by atoms with Crippen molar-refractivity contribution in [1.29, 1.82) is 0 Å². The number of nitrogens with two attached hydrogens (primary N) is 1. The van der Waals surface area contributed by atoms with E-state index in [4.69, 9.17) is 5.73 Å². The number of rotatable bonds is 2. The second-order valence-electron chi connectivity index (χ2n) is 8.98. The largest absolute Gasteiger partial charge is 0.369 e. The molecule has 3 aromatic rings. The van der Waals surface area contributed by atoms with Crippen molar-refractivity contribution in [1.82, 2.24) is 24.6 Å². The van der Waals surface area contributed by atoms with Gasteiger partial charge in [0, 0.05) is 36.7 Å². The van der Waals surface area contributed by atoms with Gasteiger partial charge in [-0.05, 0) is 56.7 Å². The molecule has 0 unspecified atom stereocenters. The van der Waals surface area contributed by atoms with Crippen molar-refractivity contribution in [2.45, 2.75) is 45.6 Å². The lowest BCUT2D eigenvalue weighted by Crippen LogP contribution is -2.46. The maximum Gasteiger partial charge on any atom is 0.253 e. The van der Waals surface area contributed by atoms with Gasteiger partial charge in [0.25, 0.3) is 5.91 Å². The molecule has 0 radical (unpaired) electrons. The summed E-state index contributed by atoms with van der Waals surface area (Å²) in [6, 6.07) is 5.59. The molecule has 0 atom stereocenters. The number of hydrogen-bond acceptors (Lipinski definition) is 5. The molecule has 30 heavy (non-hydrogen) atoms. The number of nitrogen functional groups attached to an aromatic ring is 1. The van der Waals surface area contributed by atoms with Crippen LogP contribution in [0.3, 0.4) is 0 Å². The Kier molecular flexibility index (Phi) is 4.20. The number of Topliss-reactive ketones (excluding diaryl/α,β-unsaturated/α-hetero) is 1. The number of benzene rings is 1. The van der Waals surface area contributed by atoms with Crippen molar-refractivity contribution < 1.29 is 9.59 Å². The van der Waals surface area contributed by atoms with E-state index in [0.717, 1.165) is 41.6 Å². The molecule has 3 heterocycles. The SMILES string of the molecule is CC(C)n1ncc2c1C(=O)CC1(CCN(C(=O)c3ccc4nc(N)[nH]c4c3)CC1)C2. The molecule has 5 rings (SSSR count). The Morgan fingerprint density at radius 3 is 2.73 bits per heavy atom. The first-order valence-electron chi connectivity index (χ1n) is 10.5. The maximum absolute atomic E-state index is 13.0. The molecule has 1 aliphatic heterocycles. The summed E-state index contributed by atoms with van der Waals surface area (Å²) in [7, 11) is 0. The van der Waals surface area contributed by atoms with Gasteiger partial charge in [-0.2, -0.15) is 5.10 Å². The molecule has 2 aromatic heterocycles. The van der Waals surface area contributed by atoms with Crippen LogP contribution in [0, 0.1) is 5.41 Å². The van der Waals surface area contributed by atoms with Gasteiger partial charge in [0.05, 0.1) is 17.2 Å². The Labute approximate surface area is 174 Å². The quantitative estimate of drug-likeness (QED) is 0.680. The Hall–Kier alpha value is -3.16. The molecule has 1 saturated heterocycles. The molecule has 0 saturated carbocycles. The summed E-state index contributed by atoms with van der Waals surface area (Å²) in [5, 5.41) is 4.45. The average molecular weight is 406 g/mol. The second kappa shape index (κ2) is 6.68. The molecule has 2 aliphatic rings. The monoisotopic (exact) mass is 406 g/mol. The first kappa shape index (κ1) is 18.8. The number of carbonyl (C=O) groups is 2. The fourth-order valence-corrected chi connectivity index (χ4v) is 5.00. The van der Waals surface area contributed by atoms with E-state index in [9.17, 15) is 9.59 Å². The van der Waals surface area contributed by atoms with Gasteiger partial charge in [-0.25, -0.2) is 4.98 Å². The molecule has 8 nitrogen and oxygen atoms in total. The number of amides is 1. The third-order valence-corrected chi connectivity index (χ3v) is 6.58. The number of anilines is 1. The van der Waals surface area contributed by atoms with E-state index in [1.54, 1.807) is 6.07 Å². The van der Waals surface area contributed by atoms with Crippen LogP contribution >= 0.6 is 0 Å². The van der Waals surface area contributed by atoms with Crippen LogP contribution in [-0.4, -0.2) is 49.4 Å². The van der Waals surface area contributed by atoms with E-state index in [2.05, 4.69) is 15.1 Å². The minimum atomic E-state index is -0.0620. The first-order valence-corrected chi connectivity index (χ1v) is 10.5. The fraction of sp³-hybridized carbons (Fsp3) is 0.455. The van der Waals surface area contributed by atoms with Gasteiger partial charge in [0.2, 0.25) is 0 Å². The third-order valence-electron chi connectivity index (χ3n) is 6.58. The molecule has 3 N–H and O–H groups in total. The van der Waals surface area contributed by atoms with Crippen LogP contribution in [0.15, 0.2) is 24.4 Å². The summed E-state index contributed by atoms with van der Waals surface area (Å²) in [6.45, 7) is 5.40. The molecular formula is C22H26N6O2. The van der Waals surface area contributed by atoms with Gasteiger partial charge < -0.3 is 15.6 Å². The van der Waals surface area contributed by atoms with Gasteiger partial charge in [0.15, 0.2) is 11.7 Å². The molecule has 1 fully saturated rings. The summed E-state index contributed by atoms with van der Waals surface area (Å²) in [5.74, 6) is 0.538. The Bertz CT molecular complexity index is 1150. The van der Waals surface area contributed by atoms with Gasteiger partial charge in [-0.1, -0.05) is 0 Å². The Balaban J connectivity index is 1.32. The zero-order valence-corrected chi connectivity index (χ0v) is 17.3. The number of nitrogens with one attached hydrogen (secondary N) is 1. The molecular weight excluding hydrogens is 380 g/mol. The smallest absolute Gasteiger partial charge is 0.253 e. The molecule has 1 amide bonds. The van der Waals surface area contributed by atoms with Crippen LogP contribution in [0.25, 0.3) is 11.0 Å². The molecule has 1 spiro atoms. The number of likely N-dealkylation sites (tertiary alicyclic amines) is 1. The lowest BCUT2D eigenvalue weighted by atomic mass is 9.67. The normalized spacial score (nSPS) is 18.4. The highest BCUT2D eigenvalue weighted by Crippen LogP contribution is 2.44. The highest BCUT2D eigenvalue weighted by Gasteiger charge is 2.43. The number of piperidine rings is 1. The minimum Gasteiger partial charge on any atom is -0.369 e. The van der Waals surface area contributed by atoms with Crippen LogP contribution in [0.4, 0.5) is 5.95 Å². The van der Waals surface area contributed by atoms with Crippen molar-refractivity contribution >= 4 is 28.7 Å². The summed E-state index contributed by atoms with van der Waals surface area (Å²) in [5.41, 5.74) is 9.62. The molecule has 156 valence electrons. The molecule has 0 bridgehead atoms. The number of hydrogen-bond donors (Lipinski definition) is 2. The highest BCUT2D eigenvalue weighted by atomic mass is 16.2. The van der Waals surface area contributed by atoms with Gasteiger partial charge in [0.1, 0.15) is 5.69 Å². The van der Waals surface area contributed by atoms with E-state index in [1.165, 1.54) is 0 Å². The summed E-state index contributed by atoms with van der Waals surface area (Å²) >= 11 is 0. The van der Waals surface area contributed by atoms with Crippen molar-refractivity contribution in [3.63, 3.8) is 0 Å². The highest BCUT2D eigenvalue weighted by molar-refractivity contribution is 5.98. The van der Waals surface area contributed by atoms with Gasteiger partial charge >= 0.3 is 0 Å². The van der Waals surface area contributed by atoms with E-state index in [1.807, 2.05) is 41.8 Å². The molecule has 1 aromatic carbocycles. The van der Waals surface area contributed by atoms with Crippen LogP contribution < -0.4 is 5.73 Å². The number of H-pyrrole nitrogens is 1. The van der Waals surface area contributed by atoms with Crippen molar-refractivity contribution in [2.24, 2.45) is 5.41 Å². The number of nitrogens with zero attached hydrogens (tertiary/aromatic N) is 4. The van der Waals surface area contributed by atoms with E-state index >= 15 is 0 Å². The number of ketones is 1. The zero-order chi connectivity index (χ0) is 21.0. The topological polar surface area (TPSA) is 110 Å². The summed E-state index contributed by atoms with van der Waals surface area (Å²) in [4.78, 5) is 35.0. The lowest BCUT2D eigenvalue weighted by Gasteiger charge is -2.43. The van der Waals surface area contributed by atoms with Crippen LogP contribution in [0.1, 0.15) is 65.6 Å². The van der Waals surface area contributed by atoms with E-state index in [-0.39, 0.29) is 23.1 Å². The summed E-state index contributed by atoms with van der Waals surface area (Å²) in [6.07, 6.45) is 4.92.